The molecule has 0 saturated carbocycles. The van der Waals surface area contributed by atoms with Crippen molar-refractivity contribution in [1.82, 2.24) is 9.88 Å². The van der Waals surface area contributed by atoms with Crippen molar-refractivity contribution >= 4 is 29.2 Å². The van der Waals surface area contributed by atoms with Crippen molar-refractivity contribution in [2.75, 3.05) is 56.7 Å². The molecule has 0 spiro atoms. The lowest BCUT2D eigenvalue weighted by Gasteiger charge is -2.29. The number of fused-ring (bicyclic) bond motifs is 2. The Bertz CT molecular complexity index is 1080. The van der Waals surface area contributed by atoms with Crippen LogP contribution >= 0.6 is 0 Å². The molecule has 2 aliphatic heterocycles. The highest BCUT2D eigenvalue weighted by Crippen LogP contribution is 2.42. The number of nitrogens with one attached hydrogen (secondary N) is 2. The number of rotatable bonds is 6. The second-order valence-electron chi connectivity index (χ2n) is 8.84. The summed E-state index contributed by atoms with van der Waals surface area (Å²) in [4.78, 5) is 19.7. The van der Waals surface area contributed by atoms with Crippen molar-refractivity contribution < 1.29 is 19.0 Å². The van der Waals surface area contributed by atoms with Gasteiger partial charge in [0, 0.05) is 43.4 Å². The number of carbonyl (C=O) groups excluding carboxylic acids is 1. The molecule has 3 aliphatic rings. The van der Waals surface area contributed by atoms with Gasteiger partial charge in [-0.3, -0.25) is 4.79 Å². The van der Waals surface area contributed by atoms with Gasteiger partial charge in [-0.1, -0.05) is 26.0 Å². The predicted molar refractivity (Wildman–Crippen MR) is 128 cm³/mol. The van der Waals surface area contributed by atoms with E-state index in [-0.39, 0.29) is 5.91 Å². The topological polar surface area (TPSA) is 85.0 Å². The Morgan fingerprint density at radius 2 is 1.88 bits per heavy atom. The number of anilines is 3. The minimum Gasteiger partial charge on any atom is -0.485 e. The second kappa shape index (κ2) is 9.31. The molecule has 33 heavy (non-hydrogen) atoms. The van der Waals surface area contributed by atoms with E-state index < -0.39 is 0 Å². The number of benzene rings is 1. The third-order valence-electron chi connectivity index (χ3n) is 5.91. The molecule has 0 atom stereocenters. The Morgan fingerprint density at radius 3 is 2.67 bits per heavy atom. The van der Waals surface area contributed by atoms with Gasteiger partial charge in [-0.2, -0.15) is 0 Å². The number of nitrogens with zero attached hydrogens (tertiary/aromatic N) is 2. The van der Waals surface area contributed by atoms with E-state index in [9.17, 15) is 4.79 Å². The van der Waals surface area contributed by atoms with Gasteiger partial charge in [0.15, 0.2) is 11.5 Å². The van der Waals surface area contributed by atoms with Crippen molar-refractivity contribution in [3.8, 4) is 11.5 Å². The van der Waals surface area contributed by atoms with Crippen LogP contribution in [0.1, 0.15) is 35.5 Å². The van der Waals surface area contributed by atoms with Crippen molar-refractivity contribution in [1.29, 1.82) is 0 Å². The molecule has 8 nitrogen and oxygen atoms in total. The molecule has 1 amide bonds. The van der Waals surface area contributed by atoms with Crippen LogP contribution in [0.5, 0.6) is 11.5 Å². The third-order valence-corrected chi connectivity index (χ3v) is 5.91. The van der Waals surface area contributed by atoms with Crippen LogP contribution in [0.15, 0.2) is 24.3 Å². The molecule has 174 valence electrons. The fourth-order valence-corrected chi connectivity index (χ4v) is 4.24. The van der Waals surface area contributed by atoms with E-state index in [1.54, 1.807) is 11.0 Å². The van der Waals surface area contributed by atoms with Crippen LogP contribution in [0, 0.1) is 5.92 Å². The first-order chi connectivity index (χ1) is 16.1. The molecule has 1 aromatic carbocycles. The Kier molecular flexibility index (Phi) is 6.09. The number of carbonyl (C=O) groups is 1. The monoisotopic (exact) mass is 450 g/mol. The lowest BCUT2D eigenvalue weighted by Crippen LogP contribution is -2.41. The summed E-state index contributed by atoms with van der Waals surface area (Å²) in [5.41, 5.74) is 4.50. The zero-order chi connectivity index (χ0) is 22.8. The van der Waals surface area contributed by atoms with Gasteiger partial charge < -0.3 is 29.7 Å². The molecular weight excluding hydrogens is 420 g/mol. The summed E-state index contributed by atoms with van der Waals surface area (Å²) >= 11 is 0. The van der Waals surface area contributed by atoms with Crippen LogP contribution < -0.4 is 20.1 Å². The quantitative estimate of drug-likeness (QED) is 0.694. The SMILES string of the molecule is CC(C)CNc1cc(Nc2ccc(C(=O)N3CCOCC3)c3c2OCCO3)nc2c1C=CC2. The highest BCUT2D eigenvalue weighted by Gasteiger charge is 2.28. The smallest absolute Gasteiger partial charge is 0.257 e. The minimum absolute atomic E-state index is 0.0616. The van der Waals surface area contributed by atoms with Crippen LogP contribution in [0.4, 0.5) is 17.2 Å². The van der Waals surface area contributed by atoms with Crippen molar-refractivity contribution in [2.45, 2.75) is 20.3 Å². The zero-order valence-electron chi connectivity index (χ0n) is 19.1. The minimum atomic E-state index is -0.0616. The van der Waals surface area contributed by atoms with E-state index in [0.717, 1.165) is 41.4 Å². The summed E-state index contributed by atoms with van der Waals surface area (Å²) < 4.78 is 17.3. The van der Waals surface area contributed by atoms with Crippen LogP contribution in [-0.2, 0) is 11.2 Å². The van der Waals surface area contributed by atoms with Gasteiger partial charge in [0.25, 0.3) is 5.91 Å². The van der Waals surface area contributed by atoms with Crippen LogP contribution in [0.3, 0.4) is 0 Å². The van der Waals surface area contributed by atoms with Crippen molar-refractivity contribution in [3.63, 3.8) is 0 Å². The number of aromatic nitrogens is 1. The molecule has 0 bridgehead atoms. The van der Waals surface area contributed by atoms with Gasteiger partial charge in [-0.25, -0.2) is 4.98 Å². The first-order valence-electron chi connectivity index (χ1n) is 11.6. The number of ether oxygens (including phenoxy) is 3. The summed E-state index contributed by atoms with van der Waals surface area (Å²) in [7, 11) is 0. The Hall–Kier alpha value is -3.26. The van der Waals surface area contributed by atoms with Gasteiger partial charge in [-0.05, 0) is 18.1 Å². The molecular formula is C25H30N4O4. The lowest BCUT2D eigenvalue weighted by atomic mass is 10.1. The highest BCUT2D eigenvalue weighted by atomic mass is 16.6. The summed E-state index contributed by atoms with van der Waals surface area (Å²) in [6.45, 7) is 8.36. The largest absolute Gasteiger partial charge is 0.485 e. The summed E-state index contributed by atoms with van der Waals surface area (Å²) in [6, 6.07) is 5.70. The van der Waals surface area contributed by atoms with Gasteiger partial charge >= 0.3 is 0 Å². The van der Waals surface area contributed by atoms with Gasteiger partial charge in [-0.15, -0.1) is 0 Å². The molecule has 3 heterocycles. The van der Waals surface area contributed by atoms with E-state index in [0.29, 0.717) is 62.5 Å². The van der Waals surface area contributed by atoms with Crippen LogP contribution in [-0.4, -0.2) is 61.9 Å². The fourth-order valence-electron chi connectivity index (χ4n) is 4.24. The maximum absolute atomic E-state index is 13.1. The maximum Gasteiger partial charge on any atom is 0.257 e. The number of allylic oxidation sites excluding steroid dienone is 1. The Morgan fingerprint density at radius 1 is 1.09 bits per heavy atom. The molecule has 1 aliphatic carbocycles. The lowest BCUT2D eigenvalue weighted by molar-refractivity contribution is 0.0298. The zero-order valence-corrected chi connectivity index (χ0v) is 19.1. The molecule has 0 radical (unpaired) electrons. The van der Waals surface area contributed by atoms with Crippen LogP contribution in [0.2, 0.25) is 0 Å². The third kappa shape index (κ3) is 4.48. The molecule has 2 N–H and O–H groups in total. The van der Waals surface area contributed by atoms with E-state index in [1.807, 2.05) is 12.1 Å². The second-order valence-corrected chi connectivity index (χ2v) is 8.84. The molecule has 5 rings (SSSR count). The molecule has 8 heteroatoms. The number of morpholine rings is 1. The van der Waals surface area contributed by atoms with E-state index in [4.69, 9.17) is 19.2 Å². The molecule has 2 aromatic rings. The molecule has 1 aromatic heterocycles. The number of pyridine rings is 1. The molecule has 1 saturated heterocycles. The average Bonchev–Trinajstić information content (AvgIpc) is 3.32. The number of amides is 1. The maximum atomic E-state index is 13.1. The number of hydrogen-bond acceptors (Lipinski definition) is 7. The average molecular weight is 451 g/mol. The fraction of sp³-hybridized carbons (Fsp3) is 0.440. The Labute approximate surface area is 193 Å². The normalized spacial score (nSPS) is 16.6. The van der Waals surface area contributed by atoms with E-state index in [2.05, 4.69) is 36.6 Å². The summed E-state index contributed by atoms with van der Waals surface area (Å²) in [6.07, 6.45) is 5.07. The van der Waals surface area contributed by atoms with E-state index >= 15 is 0 Å². The van der Waals surface area contributed by atoms with Gasteiger partial charge in [0.05, 0.1) is 30.2 Å². The highest BCUT2D eigenvalue weighted by molar-refractivity contribution is 5.99. The standard InChI is InChI=1S/C25H30N4O4/c1-16(2)15-26-21-14-22(27-19-5-3-4-17(19)21)28-20-7-6-18(23-24(20)33-13-12-32-23)25(30)29-8-10-31-11-9-29/h3-4,6-7,14,16H,5,8-13,15H2,1-2H3,(H2,26,27,28). The first kappa shape index (κ1) is 21.6. The van der Waals surface area contributed by atoms with Crippen molar-refractivity contribution in [2.24, 2.45) is 5.92 Å². The summed E-state index contributed by atoms with van der Waals surface area (Å²) in [5.74, 6) is 2.24. The molecule has 1 fully saturated rings. The van der Waals surface area contributed by atoms with Crippen LogP contribution in [0.25, 0.3) is 6.08 Å². The van der Waals surface area contributed by atoms with Gasteiger partial charge in [0.1, 0.15) is 19.0 Å². The summed E-state index contributed by atoms with van der Waals surface area (Å²) in [5, 5.41) is 6.95. The van der Waals surface area contributed by atoms with Crippen molar-refractivity contribution in [3.05, 3.63) is 41.1 Å². The van der Waals surface area contributed by atoms with Gasteiger partial charge in [0.2, 0.25) is 0 Å². The predicted octanol–water partition coefficient (Wildman–Crippen LogP) is 3.71. The molecule has 0 unspecified atom stereocenters. The number of hydrogen-bond donors (Lipinski definition) is 2. The first-order valence-corrected chi connectivity index (χ1v) is 11.6. The Balaban J connectivity index is 1.44. The van der Waals surface area contributed by atoms with E-state index in [1.165, 1.54) is 0 Å².